The van der Waals surface area contributed by atoms with Gasteiger partial charge in [-0.2, -0.15) is 5.10 Å². The van der Waals surface area contributed by atoms with Crippen molar-refractivity contribution in [1.82, 2.24) is 25.1 Å². The first kappa shape index (κ1) is 25.8. The maximum absolute atomic E-state index is 15.5. The van der Waals surface area contributed by atoms with Crippen LogP contribution in [0.15, 0.2) is 60.1 Å². The number of halogens is 4. The molecule has 0 saturated heterocycles. The molecule has 10 nitrogen and oxygen atoms in total. The zero-order valence-corrected chi connectivity index (χ0v) is 20.7. The number of aromatic amines is 2. The number of nitrogens with one attached hydrogen (secondary N) is 3. The molecule has 0 amide bonds. The molecule has 3 heterocycles. The van der Waals surface area contributed by atoms with Gasteiger partial charge in [0.2, 0.25) is 5.78 Å². The van der Waals surface area contributed by atoms with E-state index in [4.69, 9.17) is 0 Å². The van der Waals surface area contributed by atoms with Crippen molar-refractivity contribution in [3.8, 4) is 0 Å². The van der Waals surface area contributed by atoms with Gasteiger partial charge in [0, 0.05) is 18.9 Å². The number of aromatic nitrogens is 5. The molecule has 39 heavy (non-hydrogen) atoms. The van der Waals surface area contributed by atoms with Crippen LogP contribution in [0.25, 0.3) is 11.0 Å². The first-order valence-electron chi connectivity index (χ1n) is 11.2. The first-order chi connectivity index (χ1) is 18.6. The largest absolute Gasteiger partial charge is 0.345 e. The van der Waals surface area contributed by atoms with E-state index in [-0.39, 0.29) is 22.4 Å². The Morgan fingerprint density at radius 3 is 2.54 bits per heavy atom. The minimum atomic E-state index is -4.86. The summed E-state index contributed by atoms with van der Waals surface area (Å²) in [5, 5.41) is 6.72. The predicted molar refractivity (Wildman–Crippen MR) is 132 cm³/mol. The summed E-state index contributed by atoms with van der Waals surface area (Å²) in [4.78, 5) is 25.2. The van der Waals surface area contributed by atoms with Gasteiger partial charge in [-0.3, -0.25) is 14.6 Å². The average molecular weight is 560 g/mol. The number of nitrogens with zero attached hydrogens (tertiary/aromatic N) is 4. The van der Waals surface area contributed by atoms with Crippen molar-refractivity contribution in [2.75, 3.05) is 16.2 Å². The van der Waals surface area contributed by atoms with Crippen LogP contribution in [0.4, 0.5) is 34.8 Å². The van der Waals surface area contributed by atoms with Crippen LogP contribution in [0, 0.1) is 23.3 Å². The summed E-state index contributed by atoms with van der Waals surface area (Å²) in [6.07, 6.45) is 5.55. The van der Waals surface area contributed by atoms with Gasteiger partial charge in [0.1, 0.15) is 40.1 Å². The van der Waals surface area contributed by atoms with E-state index in [1.54, 1.807) is 15.8 Å². The monoisotopic (exact) mass is 559 g/mol. The van der Waals surface area contributed by atoms with Gasteiger partial charge < -0.3 is 9.88 Å². The van der Waals surface area contributed by atoms with Crippen LogP contribution in [0.5, 0.6) is 0 Å². The summed E-state index contributed by atoms with van der Waals surface area (Å²) in [6.45, 7) is 2.19. The number of ketones is 1. The van der Waals surface area contributed by atoms with Crippen LogP contribution in [-0.4, -0.2) is 45.9 Å². The Balaban J connectivity index is 1.60. The number of carbonyl (C=O) groups is 1. The van der Waals surface area contributed by atoms with Crippen LogP contribution in [0.2, 0.25) is 0 Å². The number of hydrogen-bond acceptors (Lipinski definition) is 7. The second kappa shape index (κ2) is 9.83. The molecule has 0 aliphatic heterocycles. The highest BCUT2D eigenvalue weighted by atomic mass is 32.2. The van der Waals surface area contributed by atoms with E-state index in [9.17, 15) is 26.4 Å². The molecule has 0 aliphatic carbocycles. The van der Waals surface area contributed by atoms with Crippen molar-refractivity contribution < 1.29 is 30.8 Å². The first-order valence-corrected chi connectivity index (χ1v) is 12.7. The Hall–Kier alpha value is -4.79. The zero-order chi connectivity index (χ0) is 27.9. The molecule has 0 atom stereocenters. The summed E-state index contributed by atoms with van der Waals surface area (Å²) in [6, 6.07) is 3.08. The highest BCUT2D eigenvalue weighted by Crippen LogP contribution is 2.34. The maximum atomic E-state index is 15.5. The van der Waals surface area contributed by atoms with Gasteiger partial charge in [-0.05, 0) is 37.3 Å². The number of sulfonamides is 1. The summed E-state index contributed by atoms with van der Waals surface area (Å²) in [7, 11) is -4.86. The van der Waals surface area contributed by atoms with E-state index in [1.165, 1.54) is 18.7 Å². The number of rotatable bonds is 8. The molecule has 0 unspecified atom stereocenters. The minimum absolute atomic E-state index is 0.150. The Bertz CT molecular complexity index is 1830. The molecule has 3 aromatic heterocycles. The third-order valence-corrected chi connectivity index (χ3v) is 7.19. The van der Waals surface area contributed by atoms with Crippen molar-refractivity contribution in [1.29, 1.82) is 0 Å². The predicted octanol–water partition coefficient (Wildman–Crippen LogP) is 4.43. The van der Waals surface area contributed by atoms with Gasteiger partial charge >= 0.3 is 0 Å². The molecule has 0 radical (unpaired) electrons. The van der Waals surface area contributed by atoms with Gasteiger partial charge in [-0.15, -0.1) is 0 Å². The molecule has 15 heteroatoms. The molecule has 0 bridgehead atoms. The molecule has 0 fully saturated rings. The average Bonchev–Trinajstić information content (AvgIpc) is 3.58. The summed E-state index contributed by atoms with van der Waals surface area (Å²) in [5.41, 5.74) is -1.35. The molecule has 0 saturated carbocycles. The Kier molecular flexibility index (Phi) is 6.51. The van der Waals surface area contributed by atoms with Gasteiger partial charge in [0.05, 0.1) is 34.1 Å². The van der Waals surface area contributed by atoms with E-state index in [0.717, 1.165) is 6.07 Å². The highest BCUT2D eigenvalue weighted by molar-refractivity contribution is 7.92. The van der Waals surface area contributed by atoms with Crippen LogP contribution in [0.3, 0.4) is 0 Å². The van der Waals surface area contributed by atoms with Gasteiger partial charge in [0.15, 0.2) is 5.82 Å². The molecular formula is C24H17F4N7O3S. The number of fused-ring (bicyclic) bond motifs is 1. The van der Waals surface area contributed by atoms with Crippen LogP contribution in [-0.2, 0) is 10.0 Å². The minimum Gasteiger partial charge on any atom is -0.345 e. The van der Waals surface area contributed by atoms with Crippen molar-refractivity contribution in [3.05, 3.63) is 89.6 Å². The number of hydrogen-bond donors (Lipinski definition) is 3. The van der Waals surface area contributed by atoms with Crippen molar-refractivity contribution in [2.24, 2.45) is 0 Å². The molecule has 5 aromatic rings. The third kappa shape index (κ3) is 4.56. The zero-order valence-electron chi connectivity index (χ0n) is 19.8. The lowest BCUT2D eigenvalue weighted by Gasteiger charge is -2.21. The SMILES string of the molecule is CCN(c1cn[nH]c1)c1ncnc2[nH]cc(C(=O)c3c(F)ccc(NS(=O)(=O)c4cc(F)ccc4F)c3F)c12. The summed E-state index contributed by atoms with van der Waals surface area (Å²) in [5.74, 6) is -6.10. The van der Waals surface area contributed by atoms with Crippen LogP contribution < -0.4 is 9.62 Å². The molecular weight excluding hydrogens is 542 g/mol. The van der Waals surface area contributed by atoms with E-state index in [2.05, 4.69) is 25.1 Å². The van der Waals surface area contributed by atoms with Gasteiger partial charge in [-0.25, -0.2) is 35.9 Å². The fourth-order valence-corrected chi connectivity index (χ4v) is 5.18. The second-order valence-corrected chi connectivity index (χ2v) is 9.77. The van der Waals surface area contributed by atoms with Crippen molar-refractivity contribution in [2.45, 2.75) is 11.8 Å². The molecule has 3 N–H and O–H groups in total. The lowest BCUT2D eigenvalue weighted by molar-refractivity contribution is 0.103. The van der Waals surface area contributed by atoms with Crippen molar-refractivity contribution >= 4 is 44.0 Å². The summed E-state index contributed by atoms with van der Waals surface area (Å²) < 4.78 is 85.1. The Morgan fingerprint density at radius 2 is 1.82 bits per heavy atom. The third-order valence-electron chi connectivity index (χ3n) is 5.81. The van der Waals surface area contributed by atoms with E-state index >= 15 is 4.39 Å². The summed E-state index contributed by atoms with van der Waals surface area (Å²) >= 11 is 0. The second-order valence-electron chi connectivity index (χ2n) is 8.12. The number of H-pyrrole nitrogens is 2. The topological polar surface area (TPSA) is 137 Å². The number of carbonyl (C=O) groups excluding carboxylic acids is 1. The Morgan fingerprint density at radius 1 is 1.05 bits per heavy atom. The molecule has 0 aliphatic rings. The molecule has 2 aromatic carbocycles. The molecule has 5 rings (SSSR count). The lowest BCUT2D eigenvalue weighted by atomic mass is 10.0. The number of benzene rings is 2. The lowest BCUT2D eigenvalue weighted by Crippen LogP contribution is -2.19. The maximum Gasteiger partial charge on any atom is 0.265 e. The Labute approximate surface area is 217 Å². The van der Waals surface area contributed by atoms with Crippen LogP contribution >= 0.6 is 0 Å². The number of anilines is 3. The quantitative estimate of drug-likeness (QED) is 0.189. The van der Waals surface area contributed by atoms with E-state index in [1.807, 2.05) is 6.92 Å². The fraction of sp³-hybridized carbons (Fsp3) is 0.0833. The standard InChI is InChI=1S/C24H17F4N7O3S/c1-2-35(13-8-32-33-9-13)24-19-14(10-29-23(19)30-11-31-24)22(36)20-16(27)5-6-17(21(20)28)34-39(37,38)18-7-12(25)3-4-15(18)26/h3-11,34H,2H2,1H3,(H,32,33)(H,29,30,31). The van der Waals surface area contributed by atoms with Crippen molar-refractivity contribution in [3.63, 3.8) is 0 Å². The van der Waals surface area contributed by atoms with Crippen LogP contribution in [0.1, 0.15) is 22.8 Å². The fourth-order valence-electron chi connectivity index (χ4n) is 4.03. The highest BCUT2D eigenvalue weighted by Gasteiger charge is 2.29. The van der Waals surface area contributed by atoms with E-state index in [0.29, 0.717) is 36.5 Å². The molecule has 0 spiro atoms. The molecule has 200 valence electrons. The normalized spacial score (nSPS) is 11.6. The van der Waals surface area contributed by atoms with Gasteiger partial charge in [-0.1, -0.05) is 0 Å². The smallest absolute Gasteiger partial charge is 0.265 e. The van der Waals surface area contributed by atoms with Gasteiger partial charge in [0.25, 0.3) is 10.0 Å². The van der Waals surface area contributed by atoms with E-state index < -0.39 is 55.2 Å².